The van der Waals surface area contributed by atoms with Crippen molar-refractivity contribution in [1.82, 2.24) is 14.9 Å². The highest BCUT2D eigenvalue weighted by molar-refractivity contribution is 6.74. The Balaban J connectivity index is 2.04. The van der Waals surface area contributed by atoms with Gasteiger partial charge in [-0.05, 0) is 44.1 Å². The summed E-state index contributed by atoms with van der Waals surface area (Å²) in [5.41, 5.74) is -1.17. The lowest BCUT2D eigenvalue weighted by Crippen LogP contribution is -2.52. The van der Waals surface area contributed by atoms with Crippen molar-refractivity contribution in [2.45, 2.75) is 83.4 Å². The van der Waals surface area contributed by atoms with E-state index in [4.69, 9.17) is 18.6 Å². The molecule has 0 spiro atoms. The van der Waals surface area contributed by atoms with E-state index in [2.05, 4.69) is 10.3 Å². The summed E-state index contributed by atoms with van der Waals surface area (Å²) in [7, 11) is -1.10. The van der Waals surface area contributed by atoms with Gasteiger partial charge in [0.05, 0.1) is 10.5 Å². The number of amides is 1. The predicted molar refractivity (Wildman–Crippen MR) is 154 cm³/mol. The van der Waals surface area contributed by atoms with Crippen molar-refractivity contribution < 1.29 is 33.1 Å². The number of H-pyrrole nitrogens is 1. The summed E-state index contributed by atoms with van der Waals surface area (Å²) in [6.07, 6.45) is -3.68. The zero-order valence-corrected chi connectivity index (χ0v) is 26.0. The molecule has 1 aromatic heterocycles. The van der Waals surface area contributed by atoms with Crippen LogP contribution in [0.4, 0.5) is 5.69 Å². The van der Waals surface area contributed by atoms with Crippen LogP contribution in [-0.4, -0.2) is 72.7 Å². The molecule has 0 radical (unpaired) electrons. The van der Waals surface area contributed by atoms with Crippen molar-refractivity contribution >= 4 is 25.9 Å². The van der Waals surface area contributed by atoms with E-state index < -0.39 is 67.0 Å². The maximum absolute atomic E-state index is 13.0. The molecule has 2 heterocycles. The number of nitrogens with one attached hydrogen (secondary N) is 2. The highest BCUT2D eigenvalue weighted by atomic mass is 28.4. The summed E-state index contributed by atoms with van der Waals surface area (Å²) in [4.78, 5) is 62.8. The van der Waals surface area contributed by atoms with Crippen molar-refractivity contribution in [2.75, 3.05) is 13.7 Å². The second-order valence-electron chi connectivity index (χ2n) is 11.7. The standard InChI is InChI=1S/C27H38N4O10Si/c1-15-13-30(26(35)29-23(15)33)24-22(38-14-19(32)28-6)21(41-42(7,8)27(3,4)5)20(40-24)16(2)39-25(34)17-9-11-18(12-10-17)31(36)37/h9-13,16,20-22,24H,14H2,1-8H3,(H,28,32)(H,29,33,35)/t16-,20?,21+,22+,24+/m0/s1. The van der Waals surface area contributed by atoms with Gasteiger partial charge < -0.3 is 24.0 Å². The molecule has 1 saturated heterocycles. The van der Waals surface area contributed by atoms with Crippen molar-refractivity contribution in [3.05, 3.63) is 72.5 Å². The second-order valence-corrected chi connectivity index (χ2v) is 16.4. The number of aryl methyl sites for hydroxylation is 1. The van der Waals surface area contributed by atoms with E-state index >= 15 is 0 Å². The van der Waals surface area contributed by atoms with Gasteiger partial charge in [-0.3, -0.25) is 29.3 Å². The number of likely N-dealkylation sites (N-methyl/N-ethyl adjacent to an activating group) is 1. The molecule has 14 nitrogen and oxygen atoms in total. The van der Waals surface area contributed by atoms with Crippen molar-refractivity contribution in [3.63, 3.8) is 0 Å². The molecule has 1 aliphatic rings. The van der Waals surface area contributed by atoms with Crippen LogP contribution in [0, 0.1) is 17.0 Å². The molecule has 230 valence electrons. The lowest BCUT2D eigenvalue weighted by atomic mass is 10.1. The molecule has 2 aromatic rings. The van der Waals surface area contributed by atoms with Crippen LogP contribution in [0.1, 0.15) is 49.8 Å². The summed E-state index contributed by atoms with van der Waals surface area (Å²) in [5.74, 6) is -1.18. The molecule has 1 aromatic carbocycles. The van der Waals surface area contributed by atoms with Crippen molar-refractivity contribution in [2.24, 2.45) is 0 Å². The number of esters is 1. The molecule has 15 heteroatoms. The van der Waals surface area contributed by atoms with E-state index in [9.17, 15) is 29.3 Å². The van der Waals surface area contributed by atoms with Crippen LogP contribution >= 0.6 is 0 Å². The number of aromatic amines is 1. The number of rotatable bonds is 10. The van der Waals surface area contributed by atoms with E-state index in [0.29, 0.717) is 0 Å². The molecule has 3 rings (SSSR count). The van der Waals surface area contributed by atoms with E-state index in [1.807, 2.05) is 33.9 Å². The first-order chi connectivity index (χ1) is 19.5. The minimum atomic E-state index is -2.56. The van der Waals surface area contributed by atoms with Gasteiger partial charge in [0.25, 0.3) is 11.2 Å². The smallest absolute Gasteiger partial charge is 0.338 e. The third-order valence-electron chi connectivity index (χ3n) is 7.64. The minimum absolute atomic E-state index is 0.0868. The second kappa shape index (κ2) is 12.7. The number of hydrogen-bond donors (Lipinski definition) is 2. The predicted octanol–water partition coefficient (Wildman–Crippen LogP) is 2.42. The average molecular weight is 607 g/mol. The van der Waals surface area contributed by atoms with Gasteiger partial charge in [-0.15, -0.1) is 0 Å². The van der Waals surface area contributed by atoms with Crippen LogP contribution < -0.4 is 16.6 Å². The average Bonchev–Trinajstić information content (AvgIpc) is 3.25. The Morgan fingerprint density at radius 2 is 1.81 bits per heavy atom. The van der Waals surface area contributed by atoms with E-state index in [0.717, 1.165) is 4.57 Å². The van der Waals surface area contributed by atoms with E-state index in [1.54, 1.807) is 6.92 Å². The number of nitro groups is 1. The summed E-state index contributed by atoms with van der Waals surface area (Å²) in [5, 5.41) is 13.2. The molecular formula is C27H38N4O10Si. The van der Waals surface area contributed by atoms with Crippen LogP contribution in [0.2, 0.25) is 18.1 Å². The summed E-state index contributed by atoms with van der Waals surface area (Å²) in [6.45, 7) is 12.9. The number of aromatic nitrogens is 2. The maximum atomic E-state index is 13.0. The summed E-state index contributed by atoms with van der Waals surface area (Å²) in [6, 6.07) is 4.96. The fourth-order valence-electron chi connectivity index (χ4n) is 4.14. The normalized spacial score (nSPS) is 21.5. The fourth-order valence-corrected chi connectivity index (χ4v) is 5.44. The van der Waals surface area contributed by atoms with Crippen LogP contribution in [0.15, 0.2) is 40.1 Å². The topological polar surface area (TPSA) is 181 Å². The third kappa shape index (κ3) is 7.21. The Morgan fingerprint density at radius 1 is 1.19 bits per heavy atom. The first kappa shape index (κ1) is 32.8. The first-order valence-electron chi connectivity index (χ1n) is 13.4. The van der Waals surface area contributed by atoms with Crippen LogP contribution in [0.3, 0.4) is 0 Å². The maximum Gasteiger partial charge on any atom is 0.338 e. The number of carbonyl (C=O) groups is 2. The molecule has 2 N–H and O–H groups in total. The van der Waals surface area contributed by atoms with Gasteiger partial charge >= 0.3 is 11.7 Å². The molecule has 1 aliphatic heterocycles. The van der Waals surface area contributed by atoms with Gasteiger partial charge in [-0.25, -0.2) is 9.59 Å². The van der Waals surface area contributed by atoms with Gasteiger partial charge in [-0.2, -0.15) is 0 Å². The molecular weight excluding hydrogens is 568 g/mol. The number of nitro benzene ring substituents is 1. The largest absolute Gasteiger partial charge is 0.456 e. The fraction of sp³-hybridized carbons (Fsp3) is 0.556. The lowest BCUT2D eigenvalue weighted by molar-refractivity contribution is -0.384. The highest BCUT2D eigenvalue weighted by Crippen LogP contribution is 2.43. The molecule has 0 bridgehead atoms. The van der Waals surface area contributed by atoms with E-state index in [-0.39, 0.29) is 28.5 Å². The molecule has 5 atom stereocenters. The number of nitrogens with zero attached hydrogens (tertiary/aromatic N) is 2. The van der Waals surface area contributed by atoms with Gasteiger partial charge in [0.15, 0.2) is 14.5 Å². The van der Waals surface area contributed by atoms with Crippen molar-refractivity contribution in [1.29, 1.82) is 0 Å². The van der Waals surface area contributed by atoms with Crippen LogP contribution in [-0.2, 0) is 23.4 Å². The third-order valence-corrected chi connectivity index (χ3v) is 12.1. The Morgan fingerprint density at radius 3 is 2.36 bits per heavy atom. The number of carbonyl (C=O) groups excluding carboxylic acids is 2. The number of benzene rings is 1. The Kier molecular flexibility index (Phi) is 9.92. The molecule has 0 saturated carbocycles. The van der Waals surface area contributed by atoms with Gasteiger partial charge in [0, 0.05) is 30.9 Å². The SMILES string of the molecule is CNC(=O)CO[C@@H]1[C@H](O[Si](C)(C)C(C)(C)C)C([C@H](C)OC(=O)c2ccc([N+](=O)[O-])cc2)O[C@H]1n1cc(C)c(=O)[nH]c1=O. The van der Waals surface area contributed by atoms with Gasteiger partial charge in [0.1, 0.15) is 31.0 Å². The number of non-ortho nitro benzene ring substituents is 1. The summed E-state index contributed by atoms with van der Waals surface area (Å²) >= 11 is 0. The molecule has 1 unspecified atom stereocenters. The molecule has 1 amide bonds. The van der Waals surface area contributed by atoms with Crippen LogP contribution in [0.5, 0.6) is 0 Å². The molecule has 0 aliphatic carbocycles. The number of ether oxygens (including phenoxy) is 3. The van der Waals surface area contributed by atoms with Crippen LogP contribution in [0.25, 0.3) is 0 Å². The quantitative estimate of drug-likeness (QED) is 0.176. The molecule has 1 fully saturated rings. The van der Waals surface area contributed by atoms with Crippen molar-refractivity contribution in [3.8, 4) is 0 Å². The Labute approximate surface area is 243 Å². The zero-order valence-electron chi connectivity index (χ0n) is 25.0. The summed E-state index contributed by atoms with van der Waals surface area (Å²) < 4.78 is 26.0. The first-order valence-corrected chi connectivity index (χ1v) is 16.3. The monoisotopic (exact) mass is 606 g/mol. The van der Waals surface area contributed by atoms with Gasteiger partial charge in [-0.1, -0.05) is 20.8 Å². The lowest BCUT2D eigenvalue weighted by Gasteiger charge is -2.41. The molecule has 42 heavy (non-hydrogen) atoms. The Bertz CT molecular complexity index is 1430. The zero-order chi connectivity index (χ0) is 31.6. The van der Waals surface area contributed by atoms with E-state index in [1.165, 1.54) is 44.4 Å². The minimum Gasteiger partial charge on any atom is -0.456 e. The Hall–Kier alpha value is -3.66. The van der Waals surface area contributed by atoms with Gasteiger partial charge in [0.2, 0.25) is 5.91 Å². The highest BCUT2D eigenvalue weighted by Gasteiger charge is 2.54. The number of hydrogen-bond acceptors (Lipinski definition) is 10.